The summed E-state index contributed by atoms with van der Waals surface area (Å²) in [5, 5.41) is 4.15. The molecule has 2 aromatic rings. The second-order valence-corrected chi connectivity index (χ2v) is 5.14. The van der Waals surface area contributed by atoms with Crippen LogP contribution in [0.5, 0.6) is 0 Å². The van der Waals surface area contributed by atoms with Crippen LogP contribution < -0.4 is 5.32 Å². The minimum absolute atomic E-state index is 0.665. The highest BCUT2D eigenvalue weighted by Crippen LogP contribution is 2.25. The average molecular weight is 263 g/mol. The molecule has 1 heterocycles. The minimum atomic E-state index is 0.665. The van der Waals surface area contributed by atoms with E-state index in [2.05, 4.69) is 10.3 Å². The SMILES string of the molecule is Cc1cc(-c2cnc(CNC3CC3)o2)ccc1Cl. The van der Waals surface area contributed by atoms with Gasteiger partial charge < -0.3 is 9.73 Å². The first-order valence-corrected chi connectivity index (χ1v) is 6.55. The highest BCUT2D eigenvalue weighted by atomic mass is 35.5. The number of nitrogens with one attached hydrogen (secondary N) is 1. The molecule has 1 N–H and O–H groups in total. The Balaban J connectivity index is 1.76. The van der Waals surface area contributed by atoms with Gasteiger partial charge in [-0.15, -0.1) is 0 Å². The van der Waals surface area contributed by atoms with E-state index in [0.717, 1.165) is 27.8 Å². The number of oxazole rings is 1. The fourth-order valence-corrected chi connectivity index (χ4v) is 1.96. The predicted molar refractivity (Wildman–Crippen MR) is 71.5 cm³/mol. The van der Waals surface area contributed by atoms with Crippen LogP contribution >= 0.6 is 11.6 Å². The Morgan fingerprint density at radius 3 is 3.00 bits per heavy atom. The van der Waals surface area contributed by atoms with Gasteiger partial charge in [0.2, 0.25) is 5.89 Å². The van der Waals surface area contributed by atoms with Crippen molar-refractivity contribution >= 4 is 11.6 Å². The predicted octanol–water partition coefficient (Wildman–Crippen LogP) is 3.56. The summed E-state index contributed by atoms with van der Waals surface area (Å²) in [6.45, 7) is 2.69. The van der Waals surface area contributed by atoms with Crippen molar-refractivity contribution in [2.45, 2.75) is 32.4 Å². The molecule has 4 heteroatoms. The van der Waals surface area contributed by atoms with Crippen LogP contribution in [0.15, 0.2) is 28.8 Å². The van der Waals surface area contributed by atoms with E-state index in [-0.39, 0.29) is 0 Å². The average Bonchev–Trinajstić information content (AvgIpc) is 3.08. The summed E-state index contributed by atoms with van der Waals surface area (Å²) < 4.78 is 5.73. The second kappa shape index (κ2) is 4.75. The zero-order valence-electron chi connectivity index (χ0n) is 10.2. The third-order valence-electron chi connectivity index (χ3n) is 3.12. The molecule has 0 aliphatic heterocycles. The molecule has 3 rings (SSSR count). The van der Waals surface area contributed by atoms with Gasteiger partial charge in [-0.2, -0.15) is 0 Å². The molecular weight excluding hydrogens is 248 g/mol. The molecule has 1 aliphatic carbocycles. The molecule has 18 heavy (non-hydrogen) atoms. The Morgan fingerprint density at radius 2 is 2.28 bits per heavy atom. The monoisotopic (exact) mass is 262 g/mol. The van der Waals surface area contributed by atoms with Gasteiger partial charge in [-0.25, -0.2) is 4.98 Å². The maximum Gasteiger partial charge on any atom is 0.208 e. The fraction of sp³-hybridized carbons (Fsp3) is 0.357. The van der Waals surface area contributed by atoms with Gasteiger partial charge >= 0.3 is 0 Å². The highest BCUT2D eigenvalue weighted by molar-refractivity contribution is 6.31. The van der Waals surface area contributed by atoms with Gasteiger partial charge in [0.05, 0.1) is 12.7 Å². The lowest BCUT2D eigenvalue weighted by Gasteiger charge is -2.01. The standard InChI is InChI=1S/C14H15ClN2O/c1-9-6-10(2-5-12(9)15)13-7-17-14(18-13)8-16-11-3-4-11/h2,5-7,11,16H,3-4,8H2,1H3. The Bertz CT molecular complexity index is 561. The molecule has 0 amide bonds. The molecule has 0 spiro atoms. The van der Waals surface area contributed by atoms with Gasteiger partial charge in [-0.1, -0.05) is 11.6 Å². The van der Waals surface area contributed by atoms with Crippen LogP contribution in [0.25, 0.3) is 11.3 Å². The van der Waals surface area contributed by atoms with E-state index in [9.17, 15) is 0 Å². The van der Waals surface area contributed by atoms with Gasteiger partial charge in [-0.3, -0.25) is 0 Å². The molecule has 0 saturated heterocycles. The van der Waals surface area contributed by atoms with Crippen molar-refractivity contribution < 1.29 is 4.42 Å². The van der Waals surface area contributed by atoms with Crippen molar-refractivity contribution in [2.24, 2.45) is 0 Å². The molecule has 1 fully saturated rings. The van der Waals surface area contributed by atoms with E-state index in [1.54, 1.807) is 6.20 Å². The van der Waals surface area contributed by atoms with Crippen LogP contribution in [0.1, 0.15) is 24.3 Å². The van der Waals surface area contributed by atoms with E-state index in [1.807, 2.05) is 25.1 Å². The normalized spacial score (nSPS) is 15.0. The number of aryl methyl sites for hydroxylation is 1. The summed E-state index contributed by atoms with van der Waals surface area (Å²) in [5.74, 6) is 1.53. The van der Waals surface area contributed by atoms with E-state index in [0.29, 0.717) is 12.6 Å². The topological polar surface area (TPSA) is 38.1 Å². The molecule has 1 aromatic heterocycles. The molecule has 1 saturated carbocycles. The third-order valence-corrected chi connectivity index (χ3v) is 3.54. The van der Waals surface area contributed by atoms with E-state index < -0.39 is 0 Å². The number of rotatable bonds is 4. The minimum Gasteiger partial charge on any atom is -0.439 e. The van der Waals surface area contributed by atoms with Crippen molar-refractivity contribution in [2.75, 3.05) is 0 Å². The van der Waals surface area contributed by atoms with Crippen molar-refractivity contribution in [1.82, 2.24) is 10.3 Å². The zero-order chi connectivity index (χ0) is 12.5. The fourth-order valence-electron chi connectivity index (χ4n) is 1.84. The van der Waals surface area contributed by atoms with Crippen LogP contribution in [0.4, 0.5) is 0 Å². The van der Waals surface area contributed by atoms with Crippen LogP contribution in [0, 0.1) is 6.92 Å². The van der Waals surface area contributed by atoms with E-state index in [4.69, 9.17) is 16.0 Å². The van der Waals surface area contributed by atoms with Gasteiger partial charge in [0.15, 0.2) is 5.76 Å². The van der Waals surface area contributed by atoms with Crippen LogP contribution in [0.3, 0.4) is 0 Å². The second-order valence-electron chi connectivity index (χ2n) is 4.74. The summed E-state index contributed by atoms with van der Waals surface area (Å²) >= 11 is 6.01. The number of hydrogen-bond acceptors (Lipinski definition) is 3. The van der Waals surface area contributed by atoms with Crippen molar-refractivity contribution in [3.05, 3.63) is 40.9 Å². The molecule has 1 aromatic carbocycles. The summed E-state index contributed by atoms with van der Waals surface area (Å²) in [7, 11) is 0. The lowest BCUT2D eigenvalue weighted by molar-refractivity contribution is 0.476. The van der Waals surface area contributed by atoms with Crippen LogP contribution in [-0.2, 0) is 6.54 Å². The Morgan fingerprint density at radius 1 is 1.44 bits per heavy atom. The highest BCUT2D eigenvalue weighted by Gasteiger charge is 2.21. The number of aromatic nitrogens is 1. The molecule has 0 radical (unpaired) electrons. The molecular formula is C14H15ClN2O. The number of halogens is 1. The van der Waals surface area contributed by atoms with Gasteiger partial charge in [0.1, 0.15) is 0 Å². The summed E-state index contributed by atoms with van der Waals surface area (Å²) in [5.41, 5.74) is 2.06. The number of hydrogen-bond donors (Lipinski definition) is 1. The first kappa shape index (κ1) is 11.8. The van der Waals surface area contributed by atoms with Crippen LogP contribution in [0.2, 0.25) is 5.02 Å². The maximum absolute atomic E-state index is 6.01. The lowest BCUT2D eigenvalue weighted by atomic mass is 10.1. The van der Waals surface area contributed by atoms with Crippen molar-refractivity contribution in [3.63, 3.8) is 0 Å². The maximum atomic E-state index is 6.01. The number of nitrogens with zero attached hydrogens (tertiary/aromatic N) is 1. The lowest BCUT2D eigenvalue weighted by Crippen LogP contribution is -2.15. The Hall–Kier alpha value is -1.32. The third kappa shape index (κ3) is 2.57. The molecule has 0 bridgehead atoms. The smallest absolute Gasteiger partial charge is 0.208 e. The van der Waals surface area contributed by atoms with Crippen LogP contribution in [-0.4, -0.2) is 11.0 Å². The summed E-state index contributed by atoms with van der Waals surface area (Å²) in [6, 6.07) is 6.52. The van der Waals surface area contributed by atoms with Crippen molar-refractivity contribution in [1.29, 1.82) is 0 Å². The quantitative estimate of drug-likeness (QED) is 0.916. The van der Waals surface area contributed by atoms with Crippen molar-refractivity contribution in [3.8, 4) is 11.3 Å². The molecule has 0 atom stereocenters. The molecule has 3 nitrogen and oxygen atoms in total. The largest absolute Gasteiger partial charge is 0.439 e. The Kier molecular flexibility index (Phi) is 3.10. The summed E-state index contributed by atoms with van der Waals surface area (Å²) in [4.78, 5) is 4.28. The van der Waals surface area contributed by atoms with Gasteiger partial charge in [0.25, 0.3) is 0 Å². The molecule has 1 aliphatic rings. The number of benzene rings is 1. The molecule has 0 unspecified atom stereocenters. The Labute approximate surface area is 111 Å². The van der Waals surface area contributed by atoms with E-state index in [1.165, 1.54) is 12.8 Å². The first-order chi connectivity index (χ1) is 8.72. The van der Waals surface area contributed by atoms with Gasteiger partial charge in [0, 0.05) is 16.6 Å². The first-order valence-electron chi connectivity index (χ1n) is 6.17. The summed E-state index contributed by atoms with van der Waals surface area (Å²) in [6.07, 6.45) is 4.31. The molecule has 94 valence electrons. The zero-order valence-corrected chi connectivity index (χ0v) is 11.0. The van der Waals surface area contributed by atoms with E-state index >= 15 is 0 Å². The van der Waals surface area contributed by atoms with Gasteiger partial charge in [-0.05, 0) is 43.5 Å².